The standard InChI is InChI=1S/C20H29FN4O.CH2O2/c21-18-3-1-16(2-4-18)14-23-9-11-24(12-10-23)20(26)22-13-17-7-8-25(15-17)19-5-6-19;2-1-3/h1-4,17,19H,5-15H2,(H,22,26);1H,(H,2,3). The highest BCUT2D eigenvalue weighted by atomic mass is 19.1. The number of rotatable bonds is 5. The van der Waals surface area contributed by atoms with E-state index in [2.05, 4.69) is 15.1 Å². The molecule has 3 aliphatic rings. The molecule has 2 N–H and O–H groups in total. The van der Waals surface area contributed by atoms with Gasteiger partial charge in [0.1, 0.15) is 5.82 Å². The number of halogens is 1. The monoisotopic (exact) mass is 406 g/mol. The summed E-state index contributed by atoms with van der Waals surface area (Å²) >= 11 is 0. The molecule has 1 aliphatic carbocycles. The van der Waals surface area contributed by atoms with E-state index >= 15 is 0 Å². The van der Waals surface area contributed by atoms with Gasteiger partial charge in [0.15, 0.2) is 0 Å². The van der Waals surface area contributed by atoms with Gasteiger partial charge in [-0.05, 0) is 49.4 Å². The fourth-order valence-electron chi connectivity index (χ4n) is 4.10. The van der Waals surface area contributed by atoms with Crippen molar-refractivity contribution in [3.05, 3.63) is 35.6 Å². The van der Waals surface area contributed by atoms with Crippen LogP contribution >= 0.6 is 0 Å². The zero-order valence-corrected chi connectivity index (χ0v) is 16.8. The topological polar surface area (TPSA) is 76.1 Å². The van der Waals surface area contributed by atoms with Crippen LogP contribution < -0.4 is 5.32 Å². The number of nitrogens with one attached hydrogen (secondary N) is 1. The van der Waals surface area contributed by atoms with E-state index < -0.39 is 0 Å². The van der Waals surface area contributed by atoms with Crippen molar-refractivity contribution in [2.45, 2.75) is 31.8 Å². The van der Waals surface area contributed by atoms with E-state index in [1.807, 2.05) is 17.0 Å². The molecule has 1 aromatic carbocycles. The van der Waals surface area contributed by atoms with Gasteiger partial charge >= 0.3 is 6.03 Å². The van der Waals surface area contributed by atoms with E-state index in [1.165, 1.54) is 37.9 Å². The third-order valence-corrected chi connectivity index (χ3v) is 5.90. The second-order valence-corrected chi connectivity index (χ2v) is 8.06. The predicted octanol–water partition coefficient (Wildman–Crippen LogP) is 1.84. The summed E-state index contributed by atoms with van der Waals surface area (Å²) in [6.07, 6.45) is 3.94. The first-order chi connectivity index (χ1) is 14.1. The van der Waals surface area contributed by atoms with Crippen LogP contribution in [0.4, 0.5) is 9.18 Å². The number of amides is 2. The first kappa shape index (κ1) is 21.5. The quantitative estimate of drug-likeness (QED) is 0.730. The smallest absolute Gasteiger partial charge is 0.317 e. The van der Waals surface area contributed by atoms with Crippen LogP contribution in [0.1, 0.15) is 24.8 Å². The number of piperazine rings is 1. The third kappa shape index (κ3) is 6.68. The Morgan fingerprint density at radius 3 is 2.38 bits per heavy atom. The van der Waals surface area contributed by atoms with Crippen LogP contribution in [-0.4, -0.2) is 84.2 Å². The van der Waals surface area contributed by atoms with Crippen LogP contribution in [0.15, 0.2) is 24.3 Å². The Kier molecular flexibility index (Phi) is 7.83. The predicted molar refractivity (Wildman–Crippen MR) is 108 cm³/mol. The molecule has 4 rings (SSSR count). The van der Waals surface area contributed by atoms with Gasteiger partial charge in [0, 0.05) is 51.9 Å². The van der Waals surface area contributed by atoms with Crippen LogP contribution in [-0.2, 0) is 11.3 Å². The van der Waals surface area contributed by atoms with Gasteiger partial charge in [0.2, 0.25) is 0 Å². The minimum Gasteiger partial charge on any atom is -0.483 e. The van der Waals surface area contributed by atoms with Gasteiger partial charge in [-0.15, -0.1) is 0 Å². The number of hydrogen-bond acceptors (Lipinski definition) is 4. The average Bonchev–Trinajstić information content (AvgIpc) is 3.47. The average molecular weight is 407 g/mol. The number of hydrogen-bond donors (Lipinski definition) is 2. The van der Waals surface area contributed by atoms with E-state index in [9.17, 15) is 9.18 Å². The van der Waals surface area contributed by atoms with Gasteiger partial charge in [-0.25, -0.2) is 9.18 Å². The molecule has 1 aromatic rings. The van der Waals surface area contributed by atoms with Gasteiger partial charge in [0.25, 0.3) is 6.47 Å². The number of carbonyl (C=O) groups is 2. The summed E-state index contributed by atoms with van der Waals surface area (Å²) in [4.78, 5) is 27.6. The maximum atomic E-state index is 13.0. The normalized spacial score (nSPS) is 22.7. The molecule has 0 aromatic heterocycles. The summed E-state index contributed by atoms with van der Waals surface area (Å²) in [6.45, 7) is 6.96. The molecule has 8 heteroatoms. The van der Waals surface area contributed by atoms with E-state index in [0.717, 1.165) is 57.4 Å². The molecule has 3 fully saturated rings. The van der Waals surface area contributed by atoms with Gasteiger partial charge < -0.3 is 20.2 Å². The molecule has 2 saturated heterocycles. The molecule has 0 radical (unpaired) electrons. The lowest BCUT2D eigenvalue weighted by atomic mass is 10.1. The van der Waals surface area contributed by atoms with Gasteiger partial charge in [-0.3, -0.25) is 9.69 Å². The molecule has 0 spiro atoms. The second-order valence-electron chi connectivity index (χ2n) is 8.06. The number of urea groups is 1. The highest BCUT2D eigenvalue weighted by Crippen LogP contribution is 2.31. The zero-order valence-electron chi connectivity index (χ0n) is 16.8. The summed E-state index contributed by atoms with van der Waals surface area (Å²) in [7, 11) is 0. The summed E-state index contributed by atoms with van der Waals surface area (Å²) in [5.41, 5.74) is 1.12. The van der Waals surface area contributed by atoms with Crippen LogP contribution in [0.2, 0.25) is 0 Å². The third-order valence-electron chi connectivity index (χ3n) is 5.90. The summed E-state index contributed by atoms with van der Waals surface area (Å²) in [6, 6.07) is 7.60. The van der Waals surface area contributed by atoms with Crippen molar-refractivity contribution < 1.29 is 19.1 Å². The summed E-state index contributed by atoms with van der Waals surface area (Å²) < 4.78 is 13.0. The SMILES string of the molecule is O=C(NCC1CCN(C2CC2)C1)N1CCN(Cc2ccc(F)cc2)CC1.O=CO. The Hall–Kier alpha value is -2.19. The molecule has 1 atom stereocenters. The molecule has 2 aliphatic heterocycles. The van der Waals surface area contributed by atoms with Crippen molar-refractivity contribution in [2.75, 3.05) is 45.8 Å². The maximum Gasteiger partial charge on any atom is 0.317 e. The molecule has 29 heavy (non-hydrogen) atoms. The van der Waals surface area contributed by atoms with Gasteiger partial charge in [0.05, 0.1) is 0 Å². The first-order valence-corrected chi connectivity index (χ1v) is 10.4. The Morgan fingerprint density at radius 2 is 1.76 bits per heavy atom. The minimum atomic E-state index is -0.250. The number of nitrogens with zero attached hydrogens (tertiary/aromatic N) is 3. The fraction of sp³-hybridized carbons (Fsp3) is 0.619. The van der Waals surface area contributed by atoms with E-state index in [1.54, 1.807) is 0 Å². The molecule has 7 nitrogen and oxygen atoms in total. The van der Waals surface area contributed by atoms with Crippen LogP contribution in [0.5, 0.6) is 0 Å². The Labute approximate surface area is 171 Å². The zero-order chi connectivity index (χ0) is 20.6. The van der Waals surface area contributed by atoms with Gasteiger partial charge in [-0.1, -0.05) is 12.1 Å². The second kappa shape index (κ2) is 10.5. The van der Waals surface area contributed by atoms with Gasteiger partial charge in [-0.2, -0.15) is 0 Å². The summed E-state index contributed by atoms with van der Waals surface area (Å²) in [5, 5.41) is 10.0. The van der Waals surface area contributed by atoms with Crippen molar-refractivity contribution in [2.24, 2.45) is 5.92 Å². The number of likely N-dealkylation sites (tertiary alicyclic amines) is 1. The van der Waals surface area contributed by atoms with Crippen LogP contribution in [0, 0.1) is 11.7 Å². The van der Waals surface area contributed by atoms with E-state index in [0.29, 0.717) is 5.92 Å². The lowest BCUT2D eigenvalue weighted by Gasteiger charge is -2.35. The van der Waals surface area contributed by atoms with E-state index in [-0.39, 0.29) is 18.3 Å². The molecule has 2 amide bonds. The lowest BCUT2D eigenvalue weighted by molar-refractivity contribution is -0.122. The fourth-order valence-corrected chi connectivity index (χ4v) is 4.10. The van der Waals surface area contributed by atoms with Crippen LogP contribution in [0.3, 0.4) is 0 Å². The highest BCUT2D eigenvalue weighted by Gasteiger charge is 2.34. The Bertz CT molecular complexity index is 660. The Balaban J connectivity index is 0.000000755. The molecule has 1 saturated carbocycles. The summed E-state index contributed by atoms with van der Waals surface area (Å²) in [5.74, 6) is 0.414. The van der Waals surface area contributed by atoms with Crippen molar-refractivity contribution in [1.29, 1.82) is 0 Å². The van der Waals surface area contributed by atoms with Crippen molar-refractivity contribution in [1.82, 2.24) is 20.0 Å². The maximum absolute atomic E-state index is 13.0. The lowest BCUT2D eigenvalue weighted by Crippen LogP contribution is -2.52. The molecule has 2 heterocycles. The number of benzene rings is 1. The molecular weight excluding hydrogens is 375 g/mol. The van der Waals surface area contributed by atoms with Crippen molar-refractivity contribution in [3.63, 3.8) is 0 Å². The van der Waals surface area contributed by atoms with Crippen LogP contribution in [0.25, 0.3) is 0 Å². The molecule has 0 bridgehead atoms. The molecular formula is C21H31FN4O3. The number of carbonyl (C=O) groups excluding carboxylic acids is 1. The first-order valence-electron chi connectivity index (χ1n) is 10.4. The molecule has 1 unspecified atom stereocenters. The number of carboxylic acid groups (broad SMARTS) is 1. The molecule has 160 valence electrons. The van der Waals surface area contributed by atoms with Crippen molar-refractivity contribution >= 4 is 12.5 Å². The van der Waals surface area contributed by atoms with Crippen molar-refractivity contribution in [3.8, 4) is 0 Å². The largest absolute Gasteiger partial charge is 0.483 e. The Morgan fingerprint density at radius 1 is 1.10 bits per heavy atom. The highest BCUT2D eigenvalue weighted by molar-refractivity contribution is 5.74. The minimum absolute atomic E-state index is 0.0799. The van der Waals surface area contributed by atoms with E-state index in [4.69, 9.17) is 9.90 Å².